The van der Waals surface area contributed by atoms with E-state index in [1.807, 2.05) is 31.2 Å². The van der Waals surface area contributed by atoms with Crippen LogP contribution in [0, 0.1) is 12.3 Å². The van der Waals surface area contributed by atoms with Crippen LogP contribution in [0.5, 0.6) is 11.6 Å². The highest BCUT2D eigenvalue weighted by Crippen LogP contribution is 2.31. The van der Waals surface area contributed by atoms with Crippen molar-refractivity contribution in [2.24, 2.45) is 11.1 Å². The minimum absolute atomic E-state index is 0.0455. The molecule has 5 atom stereocenters. The Morgan fingerprint density at radius 3 is 2.37 bits per heavy atom. The molecule has 2 fully saturated rings. The molecule has 0 spiro atoms. The summed E-state index contributed by atoms with van der Waals surface area (Å²) in [7, 11) is 3.33. The lowest BCUT2D eigenvalue weighted by Gasteiger charge is -2.35. The topological polar surface area (TPSA) is 243 Å². The summed E-state index contributed by atoms with van der Waals surface area (Å²) in [4.78, 5) is 82.9. The predicted octanol–water partition coefficient (Wildman–Crippen LogP) is 5.56. The fourth-order valence-electron chi connectivity index (χ4n) is 8.83. The zero-order valence-electron chi connectivity index (χ0n) is 43.4. The van der Waals surface area contributed by atoms with Gasteiger partial charge in [-0.3, -0.25) is 29.7 Å². The summed E-state index contributed by atoms with van der Waals surface area (Å²) >= 11 is 1.55. The molecule has 5 heterocycles. The number of hydrogen-bond acceptors (Lipinski definition) is 14. The molecule has 2 aliphatic heterocycles. The van der Waals surface area contributed by atoms with Gasteiger partial charge in [0.05, 0.1) is 59.3 Å². The standard InChI is InChI=1S/C53H62F4N9O10PS/c1-31-46(78-30-62-31)34-11-7-33(8-12-34)23-59-49(71)41-22-36(67)25-66(41)51(72)47(52(2,3)4)63-43(68)28-73-18-19-74-45(70)6-5-16-64-27-40(61-29-64)35-21-38(48(58)77)50(60-24-35)75-42-15-17-65(26-39(42)54)44(69)20-32-9-13-37(14-10-32)76-53(55,56)57/h7-14,21,24,27,29-30,36,39,41-42,47,67,77H,5-6,15-20,22-23,25-26,28,58H2,1-4H3,(H,59,71)(H,63,68)/t36-,39-,41+,42?,47-/m1/s1. The van der Waals surface area contributed by atoms with Gasteiger partial charge in [-0.15, -0.1) is 33.4 Å². The van der Waals surface area contributed by atoms with Gasteiger partial charge in [0.1, 0.15) is 37.2 Å². The molecule has 3 aromatic heterocycles. The van der Waals surface area contributed by atoms with Gasteiger partial charge in [-0.1, -0.05) is 57.2 Å². The highest BCUT2D eigenvalue weighted by Gasteiger charge is 2.44. The number of carbonyl (C=O) groups excluding carboxylic acids is 5. The number of ether oxygens (including phenoxy) is 4. The fourth-order valence-corrected chi connectivity index (χ4v) is 9.82. The summed E-state index contributed by atoms with van der Waals surface area (Å²) in [5, 5.41) is 16.2. The van der Waals surface area contributed by atoms with E-state index in [9.17, 15) is 42.3 Å². The van der Waals surface area contributed by atoms with Crippen molar-refractivity contribution in [2.75, 3.05) is 39.5 Å². The molecule has 4 amide bonds. The van der Waals surface area contributed by atoms with E-state index in [0.717, 1.165) is 33.8 Å². The number of aryl methyl sites for hydroxylation is 2. The quantitative estimate of drug-likeness (QED) is 0.0287. The Balaban J connectivity index is 0.798. The number of aliphatic hydroxyl groups is 1. The number of nitrogens with two attached hydrogens (primary N) is 1. The van der Waals surface area contributed by atoms with Crippen molar-refractivity contribution >= 4 is 55.2 Å². The number of alkyl halides is 4. The van der Waals surface area contributed by atoms with E-state index in [0.29, 0.717) is 35.3 Å². The summed E-state index contributed by atoms with van der Waals surface area (Å²) in [5.41, 5.74) is 12.0. The first-order valence-electron chi connectivity index (χ1n) is 25.1. The van der Waals surface area contributed by atoms with Gasteiger partial charge in [0.2, 0.25) is 29.5 Å². The van der Waals surface area contributed by atoms with E-state index in [-0.39, 0.29) is 76.4 Å². The van der Waals surface area contributed by atoms with Crippen molar-refractivity contribution in [3.8, 4) is 33.3 Å². The monoisotopic (exact) mass is 1120 g/mol. The molecule has 5 aromatic rings. The molecule has 0 aliphatic carbocycles. The first kappa shape index (κ1) is 58.8. The molecule has 7 rings (SSSR count). The van der Waals surface area contributed by atoms with Crippen LogP contribution < -0.4 is 25.8 Å². The molecule has 5 N–H and O–H groups in total. The number of nitrogens with one attached hydrogen (secondary N) is 2. The van der Waals surface area contributed by atoms with E-state index in [2.05, 4.69) is 39.2 Å². The first-order chi connectivity index (χ1) is 37.0. The van der Waals surface area contributed by atoms with Gasteiger partial charge in [0, 0.05) is 68.8 Å². The number of aromatic nitrogens is 4. The smallest absolute Gasteiger partial charge is 0.471 e. The van der Waals surface area contributed by atoms with E-state index >= 15 is 4.39 Å². The molecule has 25 heteroatoms. The number of aliphatic hydroxyl groups excluding tert-OH is 1. The lowest BCUT2D eigenvalue weighted by atomic mass is 9.85. The number of thiazole rings is 1. The third-order valence-electron chi connectivity index (χ3n) is 12.9. The number of rotatable bonds is 22. The minimum Gasteiger partial charge on any atom is -0.471 e. The highest BCUT2D eigenvalue weighted by atomic mass is 32.1. The summed E-state index contributed by atoms with van der Waals surface area (Å²) < 4.78 is 75.4. The van der Waals surface area contributed by atoms with Crippen molar-refractivity contribution in [3.05, 3.63) is 101 Å². The fraction of sp³-hybridized carbons (Fsp3) is 0.453. The number of piperidine rings is 1. The zero-order valence-corrected chi connectivity index (χ0v) is 45.2. The molecule has 0 radical (unpaired) electrons. The molecule has 0 bridgehead atoms. The van der Waals surface area contributed by atoms with Crippen molar-refractivity contribution in [2.45, 2.75) is 110 Å². The normalized spacial score (nSPS) is 18.0. The Morgan fingerprint density at radius 2 is 1.71 bits per heavy atom. The Kier molecular flexibility index (Phi) is 19.8. The minimum atomic E-state index is -4.84. The van der Waals surface area contributed by atoms with E-state index in [1.54, 1.807) is 60.8 Å². The van der Waals surface area contributed by atoms with Crippen LogP contribution in [0.2, 0.25) is 0 Å². The Hall–Kier alpha value is -6.85. The number of benzene rings is 2. The number of halogens is 4. The lowest BCUT2D eigenvalue weighted by molar-refractivity contribution is -0.274. The van der Waals surface area contributed by atoms with E-state index in [4.69, 9.17) is 19.9 Å². The van der Waals surface area contributed by atoms with Crippen LogP contribution in [-0.4, -0.2) is 146 Å². The number of hydrogen-bond donors (Lipinski definition) is 4. The van der Waals surface area contributed by atoms with Crippen molar-refractivity contribution in [1.82, 2.24) is 40.0 Å². The molecule has 2 saturated heterocycles. The second-order valence-electron chi connectivity index (χ2n) is 20.0. The average Bonchev–Trinajstić information content (AvgIpc) is 4.21. The molecule has 19 nitrogen and oxygen atoms in total. The van der Waals surface area contributed by atoms with E-state index < -0.39 is 84.2 Å². The van der Waals surface area contributed by atoms with Crippen LogP contribution in [-0.2, 0) is 53.0 Å². The van der Waals surface area contributed by atoms with Gasteiger partial charge >= 0.3 is 12.3 Å². The molecule has 418 valence electrons. The van der Waals surface area contributed by atoms with Gasteiger partial charge in [0.15, 0.2) is 6.17 Å². The number of carbonyl (C=O) groups is 5. The third kappa shape index (κ3) is 16.4. The second kappa shape index (κ2) is 26.2. The van der Waals surface area contributed by atoms with Crippen molar-refractivity contribution < 1.29 is 65.6 Å². The number of likely N-dealkylation sites (tertiary alicyclic amines) is 2. The van der Waals surface area contributed by atoms with E-state index in [1.165, 1.54) is 28.1 Å². The third-order valence-corrected chi connectivity index (χ3v) is 14.2. The van der Waals surface area contributed by atoms with Crippen LogP contribution in [0.1, 0.15) is 68.8 Å². The number of β-amino-alcohol motifs (C(OH)–C–C–N with tert-alkyl or cyclic N) is 1. The molecule has 78 heavy (non-hydrogen) atoms. The lowest BCUT2D eigenvalue weighted by Crippen LogP contribution is -2.58. The molecule has 0 saturated carbocycles. The highest BCUT2D eigenvalue weighted by molar-refractivity contribution is 7.21. The van der Waals surface area contributed by atoms with Crippen molar-refractivity contribution in [1.29, 1.82) is 0 Å². The maximum Gasteiger partial charge on any atom is 0.573 e. The largest absolute Gasteiger partial charge is 0.573 e. The van der Waals surface area contributed by atoms with Crippen LogP contribution in [0.4, 0.5) is 17.6 Å². The summed E-state index contributed by atoms with van der Waals surface area (Å²) in [6.07, 6.45) is -2.97. The summed E-state index contributed by atoms with van der Waals surface area (Å²) in [6, 6.07) is 12.3. The van der Waals surface area contributed by atoms with Gasteiger partial charge in [-0.25, -0.2) is 19.3 Å². The number of amides is 4. The molecule has 2 aliphatic rings. The maximum absolute atomic E-state index is 15.5. The van der Waals surface area contributed by atoms with Crippen LogP contribution in [0.3, 0.4) is 0 Å². The molecular weight excluding hydrogens is 1060 g/mol. The Labute approximate surface area is 454 Å². The molecule has 2 aromatic carbocycles. The van der Waals surface area contributed by atoms with Crippen LogP contribution >= 0.6 is 20.2 Å². The average molecular weight is 1120 g/mol. The van der Waals surface area contributed by atoms with Gasteiger partial charge in [-0.05, 0) is 53.6 Å². The summed E-state index contributed by atoms with van der Waals surface area (Å²) in [5.74, 6) is -2.77. The first-order valence-corrected chi connectivity index (χ1v) is 26.5. The predicted molar refractivity (Wildman–Crippen MR) is 282 cm³/mol. The Morgan fingerprint density at radius 1 is 0.974 bits per heavy atom. The van der Waals surface area contributed by atoms with Crippen LogP contribution in [0.15, 0.2) is 78.8 Å². The van der Waals surface area contributed by atoms with Gasteiger partial charge < -0.3 is 49.1 Å². The Bertz CT molecular complexity index is 2920. The molecule has 1 unspecified atom stereocenters. The van der Waals surface area contributed by atoms with Gasteiger partial charge in [0.25, 0.3) is 0 Å². The second-order valence-corrected chi connectivity index (χ2v) is 21.4. The number of pyridine rings is 1. The molecular formula is C53H62F4N9O10PS. The summed E-state index contributed by atoms with van der Waals surface area (Å²) in [6.45, 7) is 7.08. The number of nitrogens with zero attached hydrogens (tertiary/aromatic N) is 6. The van der Waals surface area contributed by atoms with Crippen molar-refractivity contribution in [3.63, 3.8) is 0 Å². The maximum atomic E-state index is 15.5. The number of esters is 1. The number of imidazole rings is 1. The SMILES string of the molecule is Cc1ncsc1-c1ccc(CNC(=O)[C@@H]2C[C@@H](O)CN2C(=O)[C@@H](NC(=O)COCCOC(=O)CCCn2cnc(-c3cnc(OC4CCN(C(=O)Cc5ccc(OC(F)(F)F)cc5)C[C@H]4F)c(C(N)=P)c3)c2)C(C)(C)C)cc1. The van der Waals surface area contributed by atoms with Crippen LogP contribution in [0.25, 0.3) is 21.7 Å². The van der Waals surface area contributed by atoms with Gasteiger partial charge in [-0.2, -0.15) is 0 Å². The zero-order chi connectivity index (χ0) is 56.3.